The minimum Gasteiger partial charge on any atom is -0.497 e. The number of ether oxygens (including phenoxy) is 2. The van der Waals surface area contributed by atoms with Crippen molar-refractivity contribution < 1.29 is 18.8 Å². The van der Waals surface area contributed by atoms with E-state index in [2.05, 4.69) is 0 Å². The van der Waals surface area contributed by atoms with E-state index in [9.17, 15) is 9.36 Å². The number of benzene rings is 3. The lowest BCUT2D eigenvalue weighted by Gasteiger charge is -2.20. The van der Waals surface area contributed by atoms with Gasteiger partial charge in [0, 0.05) is 28.8 Å². The summed E-state index contributed by atoms with van der Waals surface area (Å²) in [6.07, 6.45) is 2.36. The van der Waals surface area contributed by atoms with Gasteiger partial charge in [-0.1, -0.05) is 30.3 Å². The molecule has 0 bridgehead atoms. The van der Waals surface area contributed by atoms with E-state index in [1.807, 2.05) is 78.9 Å². The third-order valence-electron chi connectivity index (χ3n) is 5.20. The van der Waals surface area contributed by atoms with Gasteiger partial charge in [-0.25, -0.2) is 0 Å². The van der Waals surface area contributed by atoms with Gasteiger partial charge in [0.25, 0.3) is 0 Å². The maximum atomic E-state index is 14.2. The largest absolute Gasteiger partial charge is 0.497 e. The van der Waals surface area contributed by atoms with Crippen LogP contribution >= 0.6 is 7.14 Å². The van der Waals surface area contributed by atoms with Crippen LogP contribution in [0.25, 0.3) is 0 Å². The number of rotatable bonds is 10. The molecule has 5 heteroatoms. The highest BCUT2D eigenvalue weighted by Crippen LogP contribution is 2.45. The Labute approximate surface area is 178 Å². The van der Waals surface area contributed by atoms with Gasteiger partial charge < -0.3 is 14.0 Å². The van der Waals surface area contributed by atoms with Gasteiger partial charge >= 0.3 is 0 Å². The summed E-state index contributed by atoms with van der Waals surface area (Å²) < 4.78 is 24.6. The van der Waals surface area contributed by atoms with Crippen LogP contribution in [0, 0.1) is 0 Å². The lowest BCUT2D eigenvalue weighted by Crippen LogP contribution is -2.19. The van der Waals surface area contributed by atoms with Gasteiger partial charge in [0.05, 0.1) is 14.2 Å². The monoisotopic (exact) mass is 422 g/mol. The normalized spacial score (nSPS) is 11.1. The van der Waals surface area contributed by atoms with E-state index in [-0.39, 0.29) is 5.78 Å². The molecule has 0 aliphatic heterocycles. The molecular weight excluding hydrogens is 395 g/mol. The summed E-state index contributed by atoms with van der Waals surface area (Å²) in [4.78, 5) is 12.4. The number of unbranched alkanes of at least 4 members (excludes halogenated alkanes) is 1. The molecule has 4 nitrogen and oxygen atoms in total. The van der Waals surface area contributed by atoms with Gasteiger partial charge in [-0.2, -0.15) is 0 Å². The third-order valence-corrected chi connectivity index (χ3v) is 8.41. The summed E-state index contributed by atoms with van der Waals surface area (Å²) in [6, 6.07) is 24.2. The molecule has 0 fully saturated rings. The molecule has 3 aromatic rings. The summed E-state index contributed by atoms with van der Waals surface area (Å²) in [5.41, 5.74) is 0.728. The molecule has 3 aromatic carbocycles. The zero-order chi connectivity index (χ0) is 21.4. The Morgan fingerprint density at radius 1 is 0.733 bits per heavy atom. The van der Waals surface area contributed by atoms with Crippen LogP contribution in [-0.4, -0.2) is 26.2 Å². The first-order chi connectivity index (χ1) is 14.6. The lowest BCUT2D eigenvalue weighted by molar-refractivity contribution is 0.0980. The molecule has 156 valence electrons. The Morgan fingerprint density at radius 3 is 1.70 bits per heavy atom. The standard InChI is InChI=1S/C25H27O4P/c1-28-21-11-15-23(16-12-21)30(27,24-17-13-22(29-2)14-18-24)19-7-6-10-25(26)20-8-4-3-5-9-20/h3-5,8-9,11-18H,6-7,10,19H2,1-2H3. The summed E-state index contributed by atoms with van der Waals surface area (Å²) in [5, 5.41) is 1.59. The zero-order valence-corrected chi connectivity index (χ0v) is 18.3. The van der Waals surface area contributed by atoms with Gasteiger partial charge in [-0.3, -0.25) is 4.79 Å². The number of hydrogen-bond acceptors (Lipinski definition) is 4. The quantitative estimate of drug-likeness (QED) is 0.260. The fourth-order valence-corrected chi connectivity index (χ4v) is 6.19. The van der Waals surface area contributed by atoms with E-state index < -0.39 is 7.14 Å². The Bertz CT molecular complexity index is 944. The molecule has 0 atom stereocenters. The highest BCUT2D eigenvalue weighted by Gasteiger charge is 2.27. The van der Waals surface area contributed by atoms with Gasteiger partial charge in [0.1, 0.15) is 18.6 Å². The van der Waals surface area contributed by atoms with Crippen LogP contribution in [0.15, 0.2) is 78.9 Å². The predicted molar refractivity (Wildman–Crippen MR) is 122 cm³/mol. The van der Waals surface area contributed by atoms with Crippen LogP contribution in [0.3, 0.4) is 0 Å². The fourth-order valence-electron chi connectivity index (χ4n) is 3.44. The van der Waals surface area contributed by atoms with Gasteiger partial charge in [0.15, 0.2) is 5.78 Å². The van der Waals surface area contributed by atoms with Gasteiger partial charge in [0.2, 0.25) is 0 Å². The van der Waals surface area contributed by atoms with Crippen molar-refractivity contribution in [2.24, 2.45) is 0 Å². The van der Waals surface area contributed by atoms with Crippen LogP contribution in [-0.2, 0) is 4.57 Å². The molecule has 0 N–H and O–H groups in total. The molecule has 0 saturated carbocycles. The molecule has 0 radical (unpaired) electrons. The second-order valence-corrected chi connectivity index (χ2v) is 10.1. The highest BCUT2D eigenvalue weighted by molar-refractivity contribution is 7.78. The van der Waals surface area contributed by atoms with Crippen LogP contribution in [0.4, 0.5) is 0 Å². The molecule has 3 rings (SSSR count). The second kappa shape index (κ2) is 10.3. The Hall–Kier alpha value is -2.84. The molecule has 0 aromatic heterocycles. The van der Waals surface area contributed by atoms with E-state index in [1.165, 1.54) is 0 Å². The van der Waals surface area contributed by atoms with Crippen molar-refractivity contribution in [1.82, 2.24) is 0 Å². The number of ketones is 1. The van der Waals surface area contributed by atoms with Crippen molar-refractivity contribution in [3.8, 4) is 11.5 Å². The van der Waals surface area contributed by atoms with E-state index in [1.54, 1.807) is 14.2 Å². The first-order valence-corrected chi connectivity index (χ1v) is 11.9. The molecular formula is C25H27O4P. The number of Topliss-reactive ketones (excluding diaryl/α,β-unsaturated/α-hetero) is 1. The van der Waals surface area contributed by atoms with Crippen molar-refractivity contribution in [2.75, 3.05) is 20.4 Å². The van der Waals surface area contributed by atoms with E-state index in [0.717, 1.165) is 27.7 Å². The summed E-state index contributed by atoms with van der Waals surface area (Å²) >= 11 is 0. The second-order valence-electron chi connectivity index (χ2n) is 7.11. The highest BCUT2D eigenvalue weighted by atomic mass is 31.2. The van der Waals surface area contributed by atoms with Crippen molar-refractivity contribution in [1.29, 1.82) is 0 Å². The van der Waals surface area contributed by atoms with Gasteiger partial charge in [-0.05, 0) is 61.4 Å². The number of carbonyl (C=O) groups is 1. The minimum atomic E-state index is -2.84. The van der Waals surface area contributed by atoms with Crippen molar-refractivity contribution in [3.63, 3.8) is 0 Å². The van der Waals surface area contributed by atoms with Crippen molar-refractivity contribution >= 4 is 23.5 Å². The molecule has 0 aliphatic rings. The topological polar surface area (TPSA) is 52.6 Å². The SMILES string of the molecule is COc1ccc(P(=O)(CCCCC(=O)c2ccccc2)c2ccc(OC)cc2)cc1. The maximum Gasteiger partial charge on any atom is 0.162 e. The van der Waals surface area contributed by atoms with Crippen LogP contribution in [0.2, 0.25) is 0 Å². The number of carbonyl (C=O) groups excluding carboxylic acids is 1. The molecule has 0 aliphatic carbocycles. The minimum absolute atomic E-state index is 0.124. The first-order valence-electron chi connectivity index (χ1n) is 10.0. The average Bonchev–Trinajstić information content (AvgIpc) is 2.82. The van der Waals surface area contributed by atoms with Crippen LogP contribution < -0.4 is 20.1 Å². The molecule has 0 spiro atoms. The van der Waals surface area contributed by atoms with E-state index in [4.69, 9.17) is 9.47 Å². The average molecular weight is 422 g/mol. The Balaban J connectivity index is 1.75. The number of methoxy groups -OCH3 is 2. The van der Waals surface area contributed by atoms with Gasteiger partial charge in [-0.15, -0.1) is 0 Å². The van der Waals surface area contributed by atoms with Crippen LogP contribution in [0.1, 0.15) is 29.6 Å². The molecule has 0 saturated heterocycles. The van der Waals surface area contributed by atoms with Crippen LogP contribution in [0.5, 0.6) is 11.5 Å². The van der Waals surface area contributed by atoms with Crippen molar-refractivity contribution in [3.05, 3.63) is 84.4 Å². The fraction of sp³-hybridized carbons (Fsp3) is 0.240. The molecule has 0 unspecified atom stereocenters. The smallest absolute Gasteiger partial charge is 0.162 e. The summed E-state index contributed by atoms with van der Waals surface area (Å²) in [6.45, 7) is 0. The third kappa shape index (κ3) is 5.20. The number of hydrogen-bond donors (Lipinski definition) is 0. The van der Waals surface area contributed by atoms with E-state index >= 15 is 0 Å². The predicted octanol–water partition coefficient (Wildman–Crippen LogP) is 5.07. The summed E-state index contributed by atoms with van der Waals surface area (Å²) in [7, 11) is 0.387. The van der Waals surface area contributed by atoms with Crippen molar-refractivity contribution in [2.45, 2.75) is 19.3 Å². The summed E-state index contributed by atoms with van der Waals surface area (Å²) in [5.74, 6) is 1.58. The first kappa shape index (κ1) is 21.9. The zero-order valence-electron chi connectivity index (χ0n) is 17.4. The van der Waals surface area contributed by atoms with E-state index in [0.29, 0.717) is 25.4 Å². The molecule has 0 amide bonds. The maximum absolute atomic E-state index is 14.2. The molecule has 30 heavy (non-hydrogen) atoms. The Morgan fingerprint density at radius 2 is 1.23 bits per heavy atom. The molecule has 0 heterocycles. The lowest BCUT2D eigenvalue weighted by atomic mass is 10.1. The Kier molecular flexibility index (Phi) is 7.48.